The van der Waals surface area contributed by atoms with Gasteiger partial charge in [0.25, 0.3) is 0 Å². The van der Waals surface area contributed by atoms with Crippen LogP contribution in [0.3, 0.4) is 0 Å². The van der Waals surface area contributed by atoms with Gasteiger partial charge in [-0.1, -0.05) is 0 Å². The van der Waals surface area contributed by atoms with E-state index >= 15 is 0 Å². The summed E-state index contributed by atoms with van der Waals surface area (Å²) < 4.78 is 5.40. The van der Waals surface area contributed by atoms with Gasteiger partial charge in [-0.3, -0.25) is 0 Å². The number of hydrogen-bond donors (Lipinski definition) is 3. The van der Waals surface area contributed by atoms with Crippen LogP contribution in [-0.4, -0.2) is 37.5 Å². The molecule has 1 atom stereocenters. The molecule has 18 heavy (non-hydrogen) atoms. The molecule has 0 amide bonds. The maximum absolute atomic E-state index is 9.64. The Hall–Kier alpha value is -1.61. The van der Waals surface area contributed by atoms with E-state index in [0.717, 1.165) is 13.0 Å². The Bertz CT molecular complexity index is 373. The minimum atomic E-state index is -0.557. The zero-order valence-electron chi connectivity index (χ0n) is 10.3. The molecule has 0 aromatic heterocycles. The molecule has 0 saturated heterocycles. The molecule has 0 fully saturated rings. The molecule has 5 nitrogen and oxygen atoms in total. The smallest absolute Gasteiger partial charge is 0.119 e. The van der Waals surface area contributed by atoms with Gasteiger partial charge in [0.15, 0.2) is 0 Å². The minimum absolute atomic E-state index is 0.224. The lowest BCUT2D eigenvalue weighted by molar-refractivity contribution is 0.106. The van der Waals surface area contributed by atoms with Gasteiger partial charge in [0.2, 0.25) is 0 Å². The van der Waals surface area contributed by atoms with Gasteiger partial charge in [-0.25, -0.2) is 0 Å². The first-order valence-electron chi connectivity index (χ1n) is 5.98. The highest BCUT2D eigenvalue weighted by Crippen LogP contribution is 2.11. The van der Waals surface area contributed by atoms with Gasteiger partial charge in [-0.05, 0) is 43.8 Å². The molecule has 0 bridgehead atoms. The Kier molecular flexibility index (Phi) is 6.81. The Labute approximate surface area is 107 Å². The molecule has 5 heteroatoms. The fraction of sp³-hybridized carbons (Fsp3) is 0.462. The zero-order chi connectivity index (χ0) is 13.2. The van der Waals surface area contributed by atoms with Crippen molar-refractivity contribution in [2.45, 2.75) is 12.5 Å². The monoisotopic (exact) mass is 249 g/mol. The molecule has 0 aliphatic rings. The van der Waals surface area contributed by atoms with E-state index in [9.17, 15) is 5.11 Å². The second kappa shape index (κ2) is 8.48. The Morgan fingerprint density at radius 2 is 2.11 bits per heavy atom. The zero-order valence-corrected chi connectivity index (χ0v) is 10.3. The summed E-state index contributed by atoms with van der Waals surface area (Å²) in [6, 6.07) is 8.83. The molecule has 98 valence electrons. The predicted molar refractivity (Wildman–Crippen MR) is 69.2 cm³/mol. The van der Waals surface area contributed by atoms with E-state index in [1.165, 1.54) is 0 Å². The Morgan fingerprint density at radius 1 is 1.39 bits per heavy atom. The molecule has 0 radical (unpaired) electrons. The molecule has 1 aromatic carbocycles. The van der Waals surface area contributed by atoms with Crippen molar-refractivity contribution in [3.63, 3.8) is 0 Å². The minimum Gasteiger partial charge on any atom is -0.491 e. The lowest BCUT2D eigenvalue weighted by Crippen LogP contribution is -2.32. The van der Waals surface area contributed by atoms with Crippen LogP contribution in [0.25, 0.3) is 0 Å². The maximum Gasteiger partial charge on any atom is 0.119 e. The lowest BCUT2D eigenvalue weighted by atomic mass is 10.2. The van der Waals surface area contributed by atoms with Gasteiger partial charge in [0.1, 0.15) is 18.5 Å². The molecule has 0 heterocycles. The molecular formula is C13H19N3O2. The average Bonchev–Trinajstić information content (AvgIpc) is 2.42. The van der Waals surface area contributed by atoms with Crippen molar-refractivity contribution in [3.05, 3.63) is 29.8 Å². The first-order valence-corrected chi connectivity index (χ1v) is 5.98. The second-order valence-corrected chi connectivity index (χ2v) is 3.95. The molecule has 0 spiro atoms. The van der Waals surface area contributed by atoms with Gasteiger partial charge in [-0.2, -0.15) is 5.26 Å². The van der Waals surface area contributed by atoms with Crippen molar-refractivity contribution in [1.29, 1.82) is 5.26 Å². The number of nitrogens with zero attached hydrogens (tertiary/aromatic N) is 1. The third-order valence-corrected chi connectivity index (χ3v) is 2.36. The number of aliphatic hydroxyl groups is 1. The summed E-state index contributed by atoms with van der Waals surface area (Å²) in [5, 5.41) is 21.4. The third kappa shape index (κ3) is 5.64. The number of hydrogen-bond acceptors (Lipinski definition) is 5. The molecule has 4 N–H and O–H groups in total. The lowest BCUT2D eigenvalue weighted by Gasteiger charge is -2.13. The van der Waals surface area contributed by atoms with Crippen LogP contribution in [0.15, 0.2) is 24.3 Å². The van der Waals surface area contributed by atoms with Crippen LogP contribution in [0.2, 0.25) is 0 Å². The number of nitriles is 1. The number of rotatable bonds is 8. The fourth-order valence-electron chi connectivity index (χ4n) is 1.37. The van der Waals surface area contributed by atoms with E-state index in [0.29, 0.717) is 24.4 Å². The first-order chi connectivity index (χ1) is 8.76. The van der Waals surface area contributed by atoms with E-state index in [1.54, 1.807) is 24.3 Å². The summed E-state index contributed by atoms with van der Waals surface area (Å²) >= 11 is 0. The number of nitrogens with two attached hydrogens (primary N) is 1. The Balaban J connectivity index is 2.21. The van der Waals surface area contributed by atoms with Gasteiger partial charge in [0.05, 0.1) is 11.6 Å². The largest absolute Gasteiger partial charge is 0.491 e. The van der Waals surface area contributed by atoms with E-state index in [2.05, 4.69) is 5.32 Å². The van der Waals surface area contributed by atoms with E-state index in [4.69, 9.17) is 15.7 Å². The second-order valence-electron chi connectivity index (χ2n) is 3.95. The molecule has 1 unspecified atom stereocenters. The molecule has 1 rings (SSSR count). The summed E-state index contributed by atoms with van der Waals surface area (Å²) in [5.41, 5.74) is 5.94. The van der Waals surface area contributed by atoms with Crippen LogP contribution < -0.4 is 15.8 Å². The van der Waals surface area contributed by atoms with Crippen molar-refractivity contribution >= 4 is 0 Å². The third-order valence-electron chi connectivity index (χ3n) is 2.36. The summed E-state index contributed by atoms with van der Waals surface area (Å²) in [6.45, 7) is 2.15. The fourth-order valence-corrected chi connectivity index (χ4v) is 1.37. The molecule has 0 aliphatic heterocycles. The highest BCUT2D eigenvalue weighted by atomic mass is 16.5. The highest BCUT2D eigenvalue weighted by Gasteiger charge is 2.04. The summed E-state index contributed by atoms with van der Waals surface area (Å²) in [6.07, 6.45) is 0.335. The molecule has 1 aromatic rings. The van der Waals surface area contributed by atoms with Crippen LogP contribution in [-0.2, 0) is 0 Å². The van der Waals surface area contributed by atoms with Crippen LogP contribution in [0.5, 0.6) is 5.75 Å². The van der Waals surface area contributed by atoms with Crippen molar-refractivity contribution in [2.75, 3.05) is 26.2 Å². The van der Waals surface area contributed by atoms with Crippen LogP contribution in [0.1, 0.15) is 12.0 Å². The summed E-state index contributed by atoms with van der Waals surface area (Å²) in [4.78, 5) is 0. The molecule has 0 saturated carbocycles. The number of nitrogens with one attached hydrogen (secondary N) is 1. The van der Waals surface area contributed by atoms with Crippen molar-refractivity contribution < 1.29 is 9.84 Å². The average molecular weight is 249 g/mol. The van der Waals surface area contributed by atoms with Gasteiger partial charge in [-0.15, -0.1) is 0 Å². The van der Waals surface area contributed by atoms with E-state index in [1.807, 2.05) is 6.07 Å². The van der Waals surface area contributed by atoms with Crippen LogP contribution >= 0.6 is 0 Å². The van der Waals surface area contributed by atoms with Crippen molar-refractivity contribution in [3.8, 4) is 11.8 Å². The normalized spacial score (nSPS) is 11.8. The quantitative estimate of drug-likeness (QED) is 0.574. The topological polar surface area (TPSA) is 91.3 Å². The Morgan fingerprint density at radius 3 is 2.72 bits per heavy atom. The van der Waals surface area contributed by atoms with Gasteiger partial charge in [0, 0.05) is 6.54 Å². The number of benzene rings is 1. The van der Waals surface area contributed by atoms with Gasteiger partial charge < -0.3 is 20.9 Å². The molecular weight excluding hydrogens is 230 g/mol. The summed E-state index contributed by atoms with van der Waals surface area (Å²) in [5.74, 6) is 0.648. The van der Waals surface area contributed by atoms with Crippen LogP contribution in [0, 0.1) is 11.3 Å². The van der Waals surface area contributed by atoms with Crippen molar-refractivity contribution in [2.24, 2.45) is 5.73 Å². The first kappa shape index (κ1) is 14.5. The molecule has 0 aliphatic carbocycles. The standard InChI is InChI=1S/C13H19N3O2/c14-6-1-7-16-9-12(17)10-18-13-4-2-11(8-15)3-5-13/h2-5,12,16-17H,1,6-7,9-10,14H2. The van der Waals surface area contributed by atoms with E-state index in [-0.39, 0.29) is 6.61 Å². The SMILES string of the molecule is N#Cc1ccc(OCC(O)CNCCCN)cc1. The highest BCUT2D eigenvalue weighted by molar-refractivity contribution is 5.34. The predicted octanol–water partition coefficient (Wildman–Crippen LogP) is 0.236. The maximum atomic E-state index is 9.64. The number of aliphatic hydroxyl groups excluding tert-OH is 1. The van der Waals surface area contributed by atoms with Gasteiger partial charge >= 0.3 is 0 Å². The van der Waals surface area contributed by atoms with Crippen LogP contribution in [0.4, 0.5) is 0 Å². The number of ether oxygens (including phenoxy) is 1. The summed E-state index contributed by atoms with van der Waals surface area (Å²) in [7, 11) is 0. The van der Waals surface area contributed by atoms with Crippen molar-refractivity contribution in [1.82, 2.24) is 5.32 Å². The van der Waals surface area contributed by atoms with E-state index < -0.39 is 6.10 Å².